The summed E-state index contributed by atoms with van der Waals surface area (Å²) in [6, 6.07) is 94.9. The van der Waals surface area contributed by atoms with E-state index in [1.54, 1.807) is 0 Å². The minimum absolute atomic E-state index is 0.107. The van der Waals surface area contributed by atoms with Crippen LogP contribution in [-0.2, 0) is 10.8 Å². The van der Waals surface area contributed by atoms with Crippen molar-refractivity contribution >= 4 is 74.5 Å². The summed E-state index contributed by atoms with van der Waals surface area (Å²) < 4.78 is 0. The molecule has 0 fully saturated rings. The Balaban J connectivity index is 1.02. The Hall–Kier alpha value is -10.0. The predicted molar refractivity (Wildman–Crippen MR) is 341 cm³/mol. The number of benzene rings is 10. The van der Waals surface area contributed by atoms with Gasteiger partial charge in [-0.25, -0.2) is 9.97 Å². The zero-order valence-corrected chi connectivity index (χ0v) is 46.2. The molecule has 0 amide bonds. The Kier molecular flexibility index (Phi) is 10.7. The number of hydrogen-bond acceptors (Lipinski definition) is 5. The molecule has 388 valence electrons. The van der Waals surface area contributed by atoms with Gasteiger partial charge in [-0.15, -0.1) is 0 Å². The summed E-state index contributed by atoms with van der Waals surface area (Å²) >= 11 is 0. The fraction of sp³-hybridized carbons (Fsp3) is 0.0789. The maximum atomic E-state index is 4.94. The molecule has 10 aromatic carbocycles. The van der Waals surface area contributed by atoms with E-state index in [0.29, 0.717) is 0 Å². The van der Waals surface area contributed by atoms with Gasteiger partial charge in [-0.3, -0.25) is 4.90 Å². The summed E-state index contributed by atoms with van der Waals surface area (Å²) in [5, 5.41) is 0. The third-order valence-corrected chi connectivity index (χ3v) is 17.7. The zero-order chi connectivity index (χ0) is 54.8. The van der Waals surface area contributed by atoms with E-state index in [1.807, 2.05) is 24.5 Å². The molecule has 4 aliphatic rings. The largest absolute Gasteiger partial charge is 0.311 e. The molecule has 2 aliphatic heterocycles. The molecular weight excluding hydrogens is 994 g/mol. The number of pyridine rings is 2. The normalized spacial score (nSPS) is 14.8. The first-order valence-electron chi connectivity index (χ1n) is 28.6. The SMILES string of the molecule is Cc1cc2c3c(c1)N(c1ccccc1-c1ccccc1)c1cc4c(cc1B3c1cc(C(C)(C)C)ccc1N2c1ccccc1-c1ccccc1)-c1ccccc1[C@@]41c2ccccc2-c2ccc(N(c3ccccn3)c3ccccn3)cc21. The van der Waals surface area contributed by atoms with Crippen molar-refractivity contribution in [3.8, 4) is 44.5 Å². The topological polar surface area (TPSA) is 35.5 Å². The smallest absolute Gasteiger partial charge is 0.252 e. The Bertz CT molecular complexity index is 4500. The lowest BCUT2D eigenvalue weighted by Gasteiger charge is -2.46. The van der Waals surface area contributed by atoms with Crippen LogP contribution in [0.15, 0.2) is 267 Å². The van der Waals surface area contributed by atoms with Crippen molar-refractivity contribution in [2.75, 3.05) is 14.7 Å². The highest BCUT2D eigenvalue weighted by Crippen LogP contribution is 2.64. The number of nitrogens with zero attached hydrogens (tertiary/aromatic N) is 5. The van der Waals surface area contributed by atoms with E-state index >= 15 is 0 Å². The molecule has 2 aliphatic carbocycles. The quantitative estimate of drug-likeness (QED) is 0.149. The average molecular weight is 1050 g/mol. The number of para-hydroxylation sites is 2. The van der Waals surface area contributed by atoms with Crippen LogP contribution in [0.4, 0.5) is 51.4 Å². The van der Waals surface area contributed by atoms with Crippen LogP contribution in [0.2, 0.25) is 0 Å². The molecular formula is C76H56BN5. The van der Waals surface area contributed by atoms with Crippen molar-refractivity contribution in [3.63, 3.8) is 0 Å². The van der Waals surface area contributed by atoms with Gasteiger partial charge in [-0.1, -0.05) is 203 Å². The van der Waals surface area contributed by atoms with Crippen molar-refractivity contribution in [2.24, 2.45) is 0 Å². The first-order valence-corrected chi connectivity index (χ1v) is 28.6. The van der Waals surface area contributed by atoms with Crippen molar-refractivity contribution in [1.29, 1.82) is 0 Å². The highest BCUT2D eigenvalue weighted by molar-refractivity contribution is 7.00. The van der Waals surface area contributed by atoms with Crippen LogP contribution in [-0.4, -0.2) is 16.7 Å². The summed E-state index contributed by atoms with van der Waals surface area (Å²) in [5.41, 5.74) is 28.4. The highest BCUT2D eigenvalue weighted by atomic mass is 15.2. The van der Waals surface area contributed by atoms with Gasteiger partial charge in [0.05, 0.1) is 16.8 Å². The molecule has 0 radical (unpaired) electrons. The van der Waals surface area contributed by atoms with Crippen molar-refractivity contribution in [3.05, 3.63) is 301 Å². The molecule has 12 aromatic rings. The fourth-order valence-electron chi connectivity index (χ4n) is 14.3. The zero-order valence-electron chi connectivity index (χ0n) is 46.2. The van der Waals surface area contributed by atoms with Crippen LogP contribution < -0.4 is 31.1 Å². The monoisotopic (exact) mass is 1050 g/mol. The highest BCUT2D eigenvalue weighted by Gasteiger charge is 2.54. The van der Waals surface area contributed by atoms with Crippen molar-refractivity contribution < 1.29 is 0 Å². The average Bonchev–Trinajstić information content (AvgIpc) is 2.10. The summed E-state index contributed by atoms with van der Waals surface area (Å²) in [4.78, 5) is 17.3. The summed E-state index contributed by atoms with van der Waals surface area (Å²) in [5.74, 6) is 1.61. The van der Waals surface area contributed by atoms with E-state index < -0.39 is 5.41 Å². The van der Waals surface area contributed by atoms with Crippen LogP contribution in [0, 0.1) is 6.92 Å². The van der Waals surface area contributed by atoms with E-state index in [-0.39, 0.29) is 12.1 Å². The lowest BCUT2D eigenvalue weighted by Crippen LogP contribution is -2.61. The van der Waals surface area contributed by atoms with Gasteiger partial charge < -0.3 is 9.80 Å². The van der Waals surface area contributed by atoms with Crippen molar-refractivity contribution in [2.45, 2.75) is 38.5 Å². The second-order valence-electron chi connectivity index (χ2n) is 23.3. The molecule has 5 nitrogen and oxygen atoms in total. The molecule has 1 spiro atoms. The van der Waals surface area contributed by atoms with E-state index in [4.69, 9.17) is 9.97 Å². The second kappa shape index (κ2) is 18.3. The molecule has 82 heavy (non-hydrogen) atoms. The van der Waals surface area contributed by atoms with E-state index in [0.717, 1.165) is 28.7 Å². The van der Waals surface area contributed by atoms with E-state index in [1.165, 1.54) is 117 Å². The molecule has 16 rings (SSSR count). The summed E-state index contributed by atoms with van der Waals surface area (Å²) in [7, 11) is 0. The van der Waals surface area contributed by atoms with Crippen LogP contribution in [0.5, 0.6) is 0 Å². The van der Waals surface area contributed by atoms with Gasteiger partial charge in [0.25, 0.3) is 6.71 Å². The van der Waals surface area contributed by atoms with Crippen LogP contribution in [0.1, 0.15) is 54.2 Å². The number of anilines is 9. The molecule has 0 saturated carbocycles. The predicted octanol–water partition coefficient (Wildman–Crippen LogP) is 17.3. The van der Waals surface area contributed by atoms with Crippen LogP contribution >= 0.6 is 0 Å². The number of aromatic nitrogens is 2. The van der Waals surface area contributed by atoms with Gasteiger partial charge in [-0.05, 0) is 168 Å². The number of aryl methyl sites for hydroxylation is 1. The molecule has 6 heteroatoms. The van der Waals surface area contributed by atoms with Gasteiger partial charge in [-0.2, -0.15) is 0 Å². The molecule has 2 aromatic heterocycles. The summed E-state index contributed by atoms with van der Waals surface area (Å²) in [6.45, 7) is 9.19. The van der Waals surface area contributed by atoms with Gasteiger partial charge in [0.1, 0.15) is 11.6 Å². The second-order valence-corrected chi connectivity index (χ2v) is 23.3. The minimum atomic E-state index is -0.687. The first kappa shape index (κ1) is 47.9. The van der Waals surface area contributed by atoms with Gasteiger partial charge in [0.15, 0.2) is 0 Å². The maximum absolute atomic E-state index is 4.94. The van der Waals surface area contributed by atoms with Crippen LogP contribution in [0.3, 0.4) is 0 Å². The molecule has 0 unspecified atom stereocenters. The van der Waals surface area contributed by atoms with E-state index in [2.05, 4.69) is 285 Å². The Labute approximate surface area is 480 Å². The Morgan fingerprint density at radius 2 is 0.866 bits per heavy atom. The summed E-state index contributed by atoms with van der Waals surface area (Å²) in [6.07, 6.45) is 3.73. The number of fused-ring (bicyclic) bond motifs is 14. The molecule has 4 heterocycles. The number of rotatable bonds is 7. The fourth-order valence-corrected chi connectivity index (χ4v) is 14.3. The third-order valence-electron chi connectivity index (χ3n) is 17.7. The molecule has 0 saturated heterocycles. The Morgan fingerprint density at radius 3 is 1.44 bits per heavy atom. The number of hydrogen-bond donors (Lipinski definition) is 0. The van der Waals surface area contributed by atoms with Gasteiger partial charge in [0.2, 0.25) is 0 Å². The van der Waals surface area contributed by atoms with Crippen molar-refractivity contribution in [1.82, 2.24) is 9.97 Å². The van der Waals surface area contributed by atoms with Gasteiger partial charge >= 0.3 is 0 Å². The maximum Gasteiger partial charge on any atom is 0.252 e. The van der Waals surface area contributed by atoms with Crippen LogP contribution in [0.25, 0.3) is 44.5 Å². The van der Waals surface area contributed by atoms with E-state index in [9.17, 15) is 0 Å². The minimum Gasteiger partial charge on any atom is -0.311 e. The molecule has 0 bridgehead atoms. The Morgan fingerprint density at radius 1 is 0.378 bits per heavy atom. The lowest BCUT2D eigenvalue weighted by molar-refractivity contribution is 0.591. The first-order chi connectivity index (χ1) is 40.3. The third kappa shape index (κ3) is 7.00. The standard InChI is InChI=1S/C76H56BN5/c1-49-43-70-74-71(44-49)82(67-34-18-14-28-55(67)51-25-9-6-10-26-51)69-48-63-59(47-65(69)77(74)64-45-52(75(2,3)4)37-40-68(64)81(70)66-33-17-13-27-54(66)50-23-7-5-8-24-50)57-30-12-16-32-61(57)76(63)60-31-15-11-29-56(60)58-39-38-53(46-62(58)76)80(72-35-19-21-41-78-72)73-36-20-22-42-79-73/h5-48H,1-4H3/t76-/m1/s1. The molecule has 1 atom stereocenters. The molecule has 0 N–H and O–H groups in total. The van der Waals surface area contributed by atoms with Gasteiger partial charge in [0, 0.05) is 52.0 Å². The lowest BCUT2D eigenvalue weighted by atomic mass is 9.33.